The third kappa shape index (κ3) is 7.42. The van der Waals surface area contributed by atoms with E-state index in [9.17, 15) is 0 Å². The molecule has 0 bridgehead atoms. The second-order valence-corrected chi connectivity index (χ2v) is 7.61. The van der Waals surface area contributed by atoms with Gasteiger partial charge in [-0.05, 0) is 52.7 Å². The lowest BCUT2D eigenvalue weighted by molar-refractivity contribution is 0.217. The largest absolute Gasteiger partial charge is 0.490 e. The monoisotopic (exact) mass is 448 g/mol. The number of fused-ring (bicyclic) bond motifs is 1. The van der Waals surface area contributed by atoms with Gasteiger partial charge in [0, 0.05) is 0 Å². The average Bonchev–Trinajstić information content (AvgIpc) is 2.92. The van der Waals surface area contributed by atoms with Crippen molar-refractivity contribution in [3.63, 3.8) is 0 Å². The van der Waals surface area contributed by atoms with Gasteiger partial charge in [0.05, 0.1) is 0 Å². The molecule has 0 amide bonds. The second-order valence-electron chi connectivity index (χ2n) is 7.61. The fourth-order valence-electron chi connectivity index (χ4n) is 3.35. The molecule has 0 atom stereocenters. The minimum absolute atomic E-state index is 0.554. The highest BCUT2D eigenvalue weighted by atomic mass is 16.5. The van der Waals surface area contributed by atoms with E-state index < -0.39 is 0 Å². The highest BCUT2D eigenvalue weighted by Crippen LogP contribution is 2.21. The van der Waals surface area contributed by atoms with E-state index in [1.807, 2.05) is 97.1 Å². The van der Waals surface area contributed by atoms with Gasteiger partial charge in [-0.3, -0.25) is 0 Å². The third-order valence-corrected chi connectivity index (χ3v) is 5.08. The maximum absolute atomic E-state index is 5.80. The van der Waals surface area contributed by atoms with E-state index in [-0.39, 0.29) is 0 Å². The quantitative estimate of drug-likeness (QED) is 0.229. The summed E-state index contributed by atoms with van der Waals surface area (Å²) in [6.45, 7) is 1.72. The zero-order valence-corrected chi connectivity index (χ0v) is 19.0. The molecule has 0 saturated heterocycles. The van der Waals surface area contributed by atoms with Crippen LogP contribution in [0.2, 0.25) is 0 Å². The molecule has 0 radical (unpaired) electrons. The fraction of sp³-hybridized carbons (Fsp3) is 0.0968. The van der Waals surface area contributed by atoms with E-state index in [2.05, 4.69) is 36.4 Å². The summed E-state index contributed by atoms with van der Waals surface area (Å²) in [5, 5.41) is 2.45. The van der Waals surface area contributed by atoms with Crippen LogP contribution in [0.25, 0.3) is 10.8 Å². The van der Waals surface area contributed by atoms with Crippen molar-refractivity contribution in [2.75, 3.05) is 13.2 Å². The molecule has 0 heterocycles. The number of hydrogen-bond donors (Lipinski definition) is 0. The van der Waals surface area contributed by atoms with Crippen LogP contribution in [-0.4, -0.2) is 13.2 Å². The van der Waals surface area contributed by atoms with Gasteiger partial charge in [-0.25, -0.2) is 0 Å². The predicted octanol–water partition coefficient (Wildman–Crippen LogP) is 7.56. The van der Waals surface area contributed by atoms with Crippen molar-refractivity contribution in [3.8, 4) is 17.2 Å². The molecule has 0 aliphatic rings. The molecule has 0 aliphatic carbocycles. The van der Waals surface area contributed by atoms with Crippen LogP contribution >= 0.6 is 0 Å². The molecule has 170 valence electrons. The van der Waals surface area contributed by atoms with E-state index in [4.69, 9.17) is 14.2 Å². The first-order chi connectivity index (χ1) is 16.9. The van der Waals surface area contributed by atoms with Gasteiger partial charge in [0.1, 0.15) is 37.1 Å². The Morgan fingerprint density at radius 3 is 1.47 bits per heavy atom. The van der Waals surface area contributed by atoms with Crippen molar-refractivity contribution >= 4 is 10.8 Å². The Kier molecular flexibility index (Phi) is 8.57. The number of rotatable bonds is 8. The van der Waals surface area contributed by atoms with Gasteiger partial charge in [-0.2, -0.15) is 0 Å². The van der Waals surface area contributed by atoms with E-state index in [1.54, 1.807) is 0 Å². The summed E-state index contributed by atoms with van der Waals surface area (Å²) in [6.07, 6.45) is 0. The van der Waals surface area contributed by atoms with Crippen LogP contribution in [0.3, 0.4) is 0 Å². The van der Waals surface area contributed by atoms with Gasteiger partial charge in [-0.15, -0.1) is 0 Å². The van der Waals surface area contributed by atoms with Crippen molar-refractivity contribution in [3.05, 3.63) is 139 Å². The van der Waals surface area contributed by atoms with Gasteiger partial charge in [0.25, 0.3) is 0 Å². The molecule has 0 aliphatic heterocycles. The van der Waals surface area contributed by atoms with Crippen molar-refractivity contribution < 1.29 is 14.2 Å². The van der Waals surface area contributed by atoms with Crippen molar-refractivity contribution in [1.29, 1.82) is 0 Å². The zero-order chi connectivity index (χ0) is 23.3. The molecule has 5 aromatic carbocycles. The second kappa shape index (κ2) is 12.7. The molecule has 34 heavy (non-hydrogen) atoms. The van der Waals surface area contributed by atoms with Crippen LogP contribution in [0, 0.1) is 0 Å². The summed E-state index contributed by atoms with van der Waals surface area (Å²) in [5.41, 5.74) is 1.19. The summed E-state index contributed by atoms with van der Waals surface area (Å²) >= 11 is 0. The van der Waals surface area contributed by atoms with Crippen molar-refractivity contribution in [1.82, 2.24) is 0 Å². The fourth-order valence-corrected chi connectivity index (χ4v) is 3.35. The Balaban J connectivity index is 0.000000162. The molecule has 3 nitrogen and oxygen atoms in total. The van der Waals surface area contributed by atoms with E-state index in [1.165, 1.54) is 16.3 Å². The minimum Gasteiger partial charge on any atom is -0.490 e. The molecule has 0 aromatic heterocycles. The lowest BCUT2D eigenvalue weighted by atomic mass is 10.1. The molecule has 0 spiro atoms. The number of ether oxygens (including phenoxy) is 3. The lowest BCUT2D eigenvalue weighted by Crippen LogP contribution is -2.08. The highest BCUT2D eigenvalue weighted by molar-refractivity contribution is 5.83. The minimum atomic E-state index is 0.554. The van der Waals surface area contributed by atoms with E-state index >= 15 is 0 Å². The van der Waals surface area contributed by atoms with Crippen molar-refractivity contribution in [2.24, 2.45) is 0 Å². The molecule has 3 heteroatoms. The van der Waals surface area contributed by atoms with Gasteiger partial charge in [0.15, 0.2) is 0 Å². The summed E-state index contributed by atoms with van der Waals surface area (Å²) in [5.74, 6) is 2.66. The normalized spacial score (nSPS) is 10.1. The van der Waals surface area contributed by atoms with Gasteiger partial charge < -0.3 is 14.2 Å². The van der Waals surface area contributed by atoms with Crippen LogP contribution in [0.1, 0.15) is 5.56 Å². The first-order valence-electron chi connectivity index (χ1n) is 11.4. The van der Waals surface area contributed by atoms with Crippen LogP contribution in [-0.2, 0) is 6.61 Å². The molecule has 0 saturated carbocycles. The zero-order valence-electron chi connectivity index (χ0n) is 19.0. The predicted molar refractivity (Wildman–Crippen MR) is 139 cm³/mol. The number of para-hydroxylation sites is 2. The van der Waals surface area contributed by atoms with Crippen LogP contribution in [0.15, 0.2) is 133 Å². The topological polar surface area (TPSA) is 27.7 Å². The Bertz CT molecular complexity index is 1200. The van der Waals surface area contributed by atoms with Crippen molar-refractivity contribution in [2.45, 2.75) is 6.61 Å². The van der Waals surface area contributed by atoms with Gasteiger partial charge in [0.2, 0.25) is 0 Å². The molecule has 0 N–H and O–H groups in total. The van der Waals surface area contributed by atoms with Crippen LogP contribution in [0.5, 0.6) is 17.2 Å². The summed E-state index contributed by atoms with van der Waals surface area (Å²) in [4.78, 5) is 0. The van der Waals surface area contributed by atoms with Crippen LogP contribution < -0.4 is 14.2 Å². The van der Waals surface area contributed by atoms with Crippen LogP contribution in [0.4, 0.5) is 0 Å². The average molecular weight is 449 g/mol. The molecule has 5 aromatic rings. The van der Waals surface area contributed by atoms with E-state index in [0.29, 0.717) is 19.8 Å². The Morgan fingerprint density at radius 1 is 0.382 bits per heavy atom. The summed E-state index contributed by atoms with van der Waals surface area (Å²) < 4.78 is 16.8. The highest BCUT2D eigenvalue weighted by Gasteiger charge is 1.98. The molecule has 0 fully saturated rings. The standard InChI is InChI=1S/C17H14O.C14H14O2/c1-2-6-14(7-3-1)13-18-17-11-10-15-8-4-5-9-16(15)12-17;1-3-7-13(8-4-1)15-11-12-16-14-9-5-2-6-10-14/h1-12H,13H2;1-10H,11-12H2. The maximum Gasteiger partial charge on any atom is 0.122 e. The molecular formula is C31H28O3. The first kappa shape index (κ1) is 22.9. The first-order valence-corrected chi connectivity index (χ1v) is 11.4. The summed E-state index contributed by atoms with van der Waals surface area (Å²) in [6, 6.07) is 44.2. The Labute approximate surface area is 201 Å². The third-order valence-electron chi connectivity index (χ3n) is 5.08. The number of benzene rings is 5. The Morgan fingerprint density at radius 2 is 0.882 bits per heavy atom. The van der Waals surface area contributed by atoms with E-state index in [0.717, 1.165) is 17.2 Å². The molecule has 0 unspecified atom stereocenters. The summed E-state index contributed by atoms with van der Waals surface area (Å²) in [7, 11) is 0. The molecular weight excluding hydrogens is 420 g/mol. The Hall–Kier alpha value is -4.24. The van der Waals surface area contributed by atoms with Gasteiger partial charge >= 0.3 is 0 Å². The maximum atomic E-state index is 5.80. The molecule has 5 rings (SSSR count). The van der Waals surface area contributed by atoms with Gasteiger partial charge in [-0.1, -0.05) is 97.1 Å². The SMILES string of the molecule is c1ccc(COc2ccc3ccccc3c2)cc1.c1ccc(OCCOc2ccccc2)cc1. The number of hydrogen-bond acceptors (Lipinski definition) is 3. The lowest BCUT2D eigenvalue weighted by Gasteiger charge is -2.07. The smallest absolute Gasteiger partial charge is 0.122 e.